The molecular formula is C14H15NO4. The van der Waals surface area contributed by atoms with Crippen LogP contribution in [0.1, 0.15) is 24.3 Å². The number of carboxylic acids is 1. The first kappa shape index (κ1) is 13.1. The van der Waals surface area contributed by atoms with Gasteiger partial charge in [-0.15, -0.1) is 0 Å². The molecule has 1 aromatic heterocycles. The van der Waals surface area contributed by atoms with Crippen LogP contribution in [0.25, 0.3) is 10.9 Å². The molecule has 0 aliphatic heterocycles. The number of ether oxygens (including phenoxy) is 1. The Balaban J connectivity index is 2.72. The molecule has 19 heavy (non-hydrogen) atoms. The van der Waals surface area contributed by atoms with Crippen LogP contribution in [0.2, 0.25) is 0 Å². The predicted octanol–water partition coefficient (Wildman–Crippen LogP) is 2.02. The van der Waals surface area contributed by atoms with Gasteiger partial charge in [0.1, 0.15) is 11.4 Å². The molecule has 0 saturated heterocycles. The molecule has 1 aromatic carbocycles. The first-order valence-corrected chi connectivity index (χ1v) is 5.94. The zero-order valence-corrected chi connectivity index (χ0v) is 11.0. The summed E-state index contributed by atoms with van der Waals surface area (Å²) in [6, 6.07) is 6.18. The fourth-order valence-corrected chi connectivity index (χ4v) is 1.98. The molecule has 0 aliphatic carbocycles. The van der Waals surface area contributed by atoms with Crippen molar-refractivity contribution in [1.82, 2.24) is 4.57 Å². The molecule has 1 N–H and O–H groups in total. The van der Waals surface area contributed by atoms with Crippen LogP contribution in [0, 0.1) is 0 Å². The fraction of sp³-hybridized carbons (Fsp3) is 0.286. The van der Waals surface area contributed by atoms with Crippen LogP contribution >= 0.6 is 0 Å². The van der Waals surface area contributed by atoms with Gasteiger partial charge in [0.05, 0.1) is 11.6 Å². The summed E-state index contributed by atoms with van der Waals surface area (Å²) < 4.78 is 7.03. The molecule has 0 saturated carbocycles. The van der Waals surface area contributed by atoms with E-state index in [-0.39, 0.29) is 17.2 Å². The van der Waals surface area contributed by atoms with Gasteiger partial charge in [-0.05, 0) is 26.0 Å². The molecule has 1 heterocycles. The molecule has 5 nitrogen and oxygen atoms in total. The third-order valence-electron chi connectivity index (χ3n) is 2.82. The van der Waals surface area contributed by atoms with Crippen molar-refractivity contribution < 1.29 is 14.6 Å². The molecule has 5 heteroatoms. The van der Waals surface area contributed by atoms with Crippen molar-refractivity contribution in [2.24, 2.45) is 7.05 Å². The zero-order valence-electron chi connectivity index (χ0n) is 11.0. The number of fused-ring (bicyclic) bond motifs is 1. The lowest BCUT2D eigenvalue weighted by molar-refractivity contribution is 0.0686. The molecule has 100 valence electrons. The zero-order chi connectivity index (χ0) is 14.2. The van der Waals surface area contributed by atoms with E-state index < -0.39 is 5.97 Å². The summed E-state index contributed by atoms with van der Waals surface area (Å²) in [5, 5.41) is 9.55. The number of pyridine rings is 1. The van der Waals surface area contributed by atoms with Crippen molar-refractivity contribution in [3.05, 3.63) is 40.2 Å². The summed E-state index contributed by atoms with van der Waals surface area (Å²) in [7, 11) is 1.62. The maximum Gasteiger partial charge on any atom is 0.352 e. The quantitative estimate of drug-likeness (QED) is 0.917. The summed E-state index contributed by atoms with van der Waals surface area (Å²) in [6.45, 7) is 3.80. The van der Waals surface area contributed by atoms with Gasteiger partial charge in [0.15, 0.2) is 5.43 Å². The number of carboxylic acid groups (broad SMARTS) is 1. The van der Waals surface area contributed by atoms with Crippen LogP contribution < -0.4 is 10.2 Å². The van der Waals surface area contributed by atoms with E-state index in [1.165, 1.54) is 4.57 Å². The lowest BCUT2D eigenvalue weighted by Gasteiger charge is -2.13. The smallest absolute Gasteiger partial charge is 0.352 e. The second kappa shape index (κ2) is 4.76. The number of nitrogens with zero attached hydrogens (tertiary/aromatic N) is 1. The Morgan fingerprint density at radius 2 is 2.00 bits per heavy atom. The molecule has 0 spiro atoms. The number of aryl methyl sites for hydroxylation is 1. The Labute approximate surface area is 110 Å². The highest BCUT2D eigenvalue weighted by Gasteiger charge is 2.12. The van der Waals surface area contributed by atoms with Crippen molar-refractivity contribution >= 4 is 16.9 Å². The van der Waals surface area contributed by atoms with Crippen molar-refractivity contribution in [3.8, 4) is 5.75 Å². The Bertz CT molecular complexity index is 700. The summed E-state index contributed by atoms with van der Waals surface area (Å²) in [6.07, 6.45) is 0.0112. The van der Waals surface area contributed by atoms with Crippen LogP contribution in [-0.2, 0) is 7.05 Å². The van der Waals surface area contributed by atoms with E-state index in [0.29, 0.717) is 16.7 Å². The number of aromatic carboxylic acids is 1. The third-order valence-corrected chi connectivity index (χ3v) is 2.82. The van der Waals surface area contributed by atoms with E-state index in [4.69, 9.17) is 9.84 Å². The van der Waals surface area contributed by atoms with Gasteiger partial charge in [-0.2, -0.15) is 0 Å². The molecule has 2 rings (SSSR count). The second-order valence-corrected chi connectivity index (χ2v) is 4.60. The number of hydrogen-bond donors (Lipinski definition) is 1. The Morgan fingerprint density at radius 1 is 1.32 bits per heavy atom. The fourth-order valence-electron chi connectivity index (χ4n) is 1.98. The second-order valence-electron chi connectivity index (χ2n) is 4.60. The van der Waals surface area contributed by atoms with Crippen LogP contribution in [0.3, 0.4) is 0 Å². The van der Waals surface area contributed by atoms with E-state index >= 15 is 0 Å². The van der Waals surface area contributed by atoms with E-state index in [9.17, 15) is 9.59 Å². The van der Waals surface area contributed by atoms with Crippen LogP contribution in [-0.4, -0.2) is 21.7 Å². The van der Waals surface area contributed by atoms with Crippen molar-refractivity contribution in [2.45, 2.75) is 20.0 Å². The SMILES string of the molecule is CC(C)Oc1ccc2c(=O)cc(C(=O)O)n(C)c2c1. The highest BCUT2D eigenvalue weighted by Crippen LogP contribution is 2.20. The number of rotatable bonds is 3. The van der Waals surface area contributed by atoms with Crippen LogP contribution in [0.4, 0.5) is 0 Å². The first-order chi connectivity index (χ1) is 8.90. The first-order valence-electron chi connectivity index (χ1n) is 5.94. The molecule has 0 fully saturated rings. The summed E-state index contributed by atoms with van der Waals surface area (Å²) in [4.78, 5) is 23.0. The largest absolute Gasteiger partial charge is 0.491 e. The lowest BCUT2D eigenvalue weighted by atomic mass is 10.1. The third kappa shape index (κ3) is 2.45. The molecule has 2 aromatic rings. The predicted molar refractivity (Wildman–Crippen MR) is 71.9 cm³/mol. The minimum absolute atomic E-state index is 0.0112. The molecule has 0 bridgehead atoms. The highest BCUT2D eigenvalue weighted by atomic mass is 16.5. The monoisotopic (exact) mass is 261 g/mol. The molecular weight excluding hydrogens is 246 g/mol. The van der Waals surface area contributed by atoms with Gasteiger partial charge in [-0.25, -0.2) is 4.79 Å². The highest BCUT2D eigenvalue weighted by molar-refractivity contribution is 5.90. The van der Waals surface area contributed by atoms with E-state index in [0.717, 1.165) is 6.07 Å². The topological polar surface area (TPSA) is 68.5 Å². The minimum atomic E-state index is -1.13. The van der Waals surface area contributed by atoms with Gasteiger partial charge >= 0.3 is 5.97 Å². The minimum Gasteiger partial charge on any atom is -0.491 e. The van der Waals surface area contributed by atoms with Gasteiger partial charge < -0.3 is 14.4 Å². The molecule has 0 atom stereocenters. The standard InChI is InChI=1S/C14H15NO4/c1-8(2)19-9-4-5-10-11(6-9)15(3)12(14(17)18)7-13(10)16/h4-8H,1-3H3,(H,17,18). The molecule has 0 radical (unpaired) electrons. The summed E-state index contributed by atoms with van der Waals surface area (Å²) in [5.41, 5.74) is 0.198. The number of carbonyl (C=O) groups is 1. The molecule has 0 aliphatic rings. The van der Waals surface area contributed by atoms with Gasteiger partial charge in [0, 0.05) is 24.6 Å². The number of hydrogen-bond acceptors (Lipinski definition) is 3. The normalized spacial score (nSPS) is 10.9. The Morgan fingerprint density at radius 3 is 2.58 bits per heavy atom. The van der Waals surface area contributed by atoms with Gasteiger partial charge in [-0.1, -0.05) is 0 Å². The van der Waals surface area contributed by atoms with Gasteiger partial charge in [0.2, 0.25) is 0 Å². The van der Waals surface area contributed by atoms with Crippen molar-refractivity contribution in [3.63, 3.8) is 0 Å². The van der Waals surface area contributed by atoms with Gasteiger partial charge in [-0.3, -0.25) is 4.79 Å². The van der Waals surface area contributed by atoms with E-state index in [2.05, 4.69) is 0 Å². The average Bonchev–Trinajstić information content (AvgIpc) is 2.32. The molecule has 0 unspecified atom stereocenters. The lowest BCUT2D eigenvalue weighted by Crippen LogP contribution is -2.16. The maximum absolute atomic E-state index is 11.9. The van der Waals surface area contributed by atoms with Crippen LogP contribution in [0.5, 0.6) is 5.75 Å². The average molecular weight is 261 g/mol. The van der Waals surface area contributed by atoms with Crippen molar-refractivity contribution in [1.29, 1.82) is 0 Å². The van der Waals surface area contributed by atoms with E-state index in [1.807, 2.05) is 13.8 Å². The Hall–Kier alpha value is -2.30. The Kier molecular flexibility index (Phi) is 3.29. The number of benzene rings is 1. The number of aromatic nitrogens is 1. The summed E-state index contributed by atoms with van der Waals surface area (Å²) in [5.74, 6) is -0.517. The van der Waals surface area contributed by atoms with E-state index in [1.54, 1.807) is 25.2 Å². The van der Waals surface area contributed by atoms with Gasteiger partial charge in [0.25, 0.3) is 0 Å². The molecule has 0 amide bonds. The summed E-state index contributed by atoms with van der Waals surface area (Å²) >= 11 is 0. The van der Waals surface area contributed by atoms with Crippen LogP contribution in [0.15, 0.2) is 29.1 Å². The van der Waals surface area contributed by atoms with Crippen molar-refractivity contribution in [2.75, 3.05) is 0 Å². The maximum atomic E-state index is 11.9.